The number of piperazine rings is 1. The number of pyridine rings is 2. The number of hydrogen-bond acceptors (Lipinski definition) is 7. The van der Waals surface area contributed by atoms with Crippen molar-refractivity contribution >= 4 is 22.8 Å². The number of phenolic OH excluding ortho intramolecular Hbond substituents is 1. The lowest BCUT2D eigenvalue weighted by Crippen LogP contribution is -2.54. The minimum Gasteiger partial charge on any atom is -0.507 e. The second-order valence-corrected chi connectivity index (χ2v) is 10.5. The lowest BCUT2D eigenvalue weighted by molar-refractivity contribution is -0.126. The first-order chi connectivity index (χ1) is 20.6. The number of hydrogen-bond donors (Lipinski definition) is 1. The van der Waals surface area contributed by atoms with Crippen molar-refractivity contribution in [2.45, 2.75) is 39.7 Å². The van der Waals surface area contributed by atoms with Crippen LogP contribution >= 0.6 is 0 Å². The van der Waals surface area contributed by atoms with Crippen LogP contribution in [0.2, 0.25) is 0 Å². The van der Waals surface area contributed by atoms with Crippen molar-refractivity contribution in [3.8, 4) is 34.5 Å². The maximum atomic E-state index is 15.9. The molecule has 1 amide bonds. The molecule has 1 atom stereocenters. The zero-order chi connectivity index (χ0) is 31.0. The second-order valence-electron chi connectivity index (χ2n) is 10.5. The largest absolute Gasteiger partial charge is 0.507 e. The molecule has 0 spiro atoms. The van der Waals surface area contributed by atoms with Crippen molar-refractivity contribution < 1.29 is 18.7 Å². The minimum absolute atomic E-state index is 0.000131. The van der Waals surface area contributed by atoms with E-state index in [1.807, 2.05) is 20.8 Å². The molecule has 0 saturated carbocycles. The topological polar surface area (TPSA) is 104 Å². The number of carbonyl (C=O) groups is 1. The second kappa shape index (κ2) is 11.6. The molecule has 0 radical (unpaired) electrons. The van der Waals surface area contributed by atoms with Crippen LogP contribution in [0.3, 0.4) is 0 Å². The minimum atomic E-state index is -0.924. The van der Waals surface area contributed by atoms with Crippen LogP contribution < -0.4 is 10.6 Å². The summed E-state index contributed by atoms with van der Waals surface area (Å²) in [4.78, 5) is 43.2. The van der Waals surface area contributed by atoms with Crippen LogP contribution in [0.5, 0.6) is 5.75 Å². The number of halogens is 2. The average Bonchev–Trinajstić information content (AvgIpc) is 2.97. The van der Waals surface area contributed by atoms with Crippen LogP contribution in [0.15, 0.2) is 54.0 Å². The molecule has 43 heavy (non-hydrogen) atoms. The Labute approximate surface area is 247 Å². The quantitative estimate of drug-likeness (QED) is 0.272. The van der Waals surface area contributed by atoms with Crippen molar-refractivity contribution in [3.05, 3.63) is 82.6 Å². The van der Waals surface area contributed by atoms with Gasteiger partial charge in [0.25, 0.3) is 0 Å². The SMILES string of the molecule is C=CC(=O)N1CCN(c2nc(=O)n(-c3c(C)ccnc3C(C)C)c3nc(-c4c(O)cccc4F)c(F)cc23)C(C#CC)C1. The summed E-state index contributed by atoms with van der Waals surface area (Å²) in [6.45, 7) is 11.6. The van der Waals surface area contributed by atoms with Crippen LogP contribution in [0, 0.1) is 30.4 Å². The van der Waals surface area contributed by atoms with Gasteiger partial charge >= 0.3 is 5.69 Å². The molecule has 5 rings (SSSR count). The van der Waals surface area contributed by atoms with Gasteiger partial charge in [-0.1, -0.05) is 32.4 Å². The highest BCUT2D eigenvalue weighted by Crippen LogP contribution is 2.36. The van der Waals surface area contributed by atoms with Crippen LogP contribution in [-0.4, -0.2) is 61.1 Å². The molecule has 11 heteroatoms. The molecule has 1 aliphatic rings. The van der Waals surface area contributed by atoms with Crippen molar-refractivity contribution in [1.29, 1.82) is 0 Å². The first-order valence-corrected chi connectivity index (χ1v) is 13.7. The van der Waals surface area contributed by atoms with Gasteiger partial charge in [0.1, 0.15) is 29.1 Å². The number of fused-ring (bicyclic) bond motifs is 1. The molecule has 9 nitrogen and oxygen atoms in total. The van der Waals surface area contributed by atoms with Crippen LogP contribution in [0.1, 0.15) is 37.9 Å². The summed E-state index contributed by atoms with van der Waals surface area (Å²) in [6, 6.07) is 5.92. The van der Waals surface area contributed by atoms with E-state index in [1.165, 1.54) is 22.8 Å². The number of aromatic nitrogens is 4. The third kappa shape index (κ3) is 5.20. The standard InChI is InChI=1S/C32H30F2N6O3/c1-6-9-20-17-38(25(42)7-2)14-15-39(20)30-21-16-23(34)28(26-22(33)10-8-11-24(26)41)36-31(21)40(32(43)37-30)29-19(5)12-13-35-27(29)18(3)4/h7-8,10-13,16,18,20,41H,2,14-15,17H2,1,3-5H3. The summed E-state index contributed by atoms with van der Waals surface area (Å²) in [5, 5.41) is 10.7. The average molecular weight is 585 g/mol. The molecule has 1 fully saturated rings. The number of amides is 1. The molecule has 4 heterocycles. The van der Waals surface area contributed by atoms with Gasteiger partial charge in [-0.25, -0.2) is 23.1 Å². The Balaban J connectivity index is 1.86. The van der Waals surface area contributed by atoms with Gasteiger partial charge in [-0.15, -0.1) is 5.92 Å². The van der Waals surface area contributed by atoms with Gasteiger partial charge in [0.15, 0.2) is 11.5 Å². The summed E-state index contributed by atoms with van der Waals surface area (Å²) in [7, 11) is 0. The van der Waals surface area contributed by atoms with Gasteiger partial charge in [-0.05, 0) is 55.7 Å². The maximum Gasteiger partial charge on any atom is 0.355 e. The summed E-state index contributed by atoms with van der Waals surface area (Å²) in [5.74, 6) is 3.38. The van der Waals surface area contributed by atoms with Crippen LogP contribution in [-0.2, 0) is 4.79 Å². The predicted molar refractivity (Wildman–Crippen MR) is 160 cm³/mol. The number of aromatic hydroxyl groups is 1. The highest BCUT2D eigenvalue weighted by Gasteiger charge is 2.32. The van der Waals surface area contributed by atoms with Crippen LogP contribution in [0.4, 0.5) is 14.6 Å². The Hall–Kier alpha value is -5.11. The van der Waals surface area contributed by atoms with Gasteiger partial charge < -0.3 is 14.9 Å². The molecule has 0 bridgehead atoms. The molecule has 1 aromatic carbocycles. The van der Waals surface area contributed by atoms with E-state index >= 15 is 4.39 Å². The van der Waals surface area contributed by atoms with E-state index in [9.17, 15) is 19.1 Å². The normalized spacial score (nSPS) is 15.0. The van der Waals surface area contributed by atoms with Crippen molar-refractivity contribution in [2.24, 2.45) is 0 Å². The van der Waals surface area contributed by atoms with Gasteiger partial charge in [0, 0.05) is 19.3 Å². The Kier molecular flexibility index (Phi) is 7.96. The zero-order valence-corrected chi connectivity index (χ0v) is 24.2. The van der Waals surface area contributed by atoms with E-state index in [0.717, 1.165) is 12.1 Å². The van der Waals surface area contributed by atoms with Gasteiger partial charge in [0.05, 0.1) is 28.9 Å². The fourth-order valence-electron chi connectivity index (χ4n) is 5.39. The van der Waals surface area contributed by atoms with E-state index in [0.29, 0.717) is 16.9 Å². The lowest BCUT2D eigenvalue weighted by Gasteiger charge is -2.39. The van der Waals surface area contributed by atoms with E-state index in [2.05, 4.69) is 33.4 Å². The molecule has 4 aromatic rings. The Bertz CT molecular complexity index is 1870. The third-order valence-electron chi connectivity index (χ3n) is 7.40. The molecule has 1 N–H and O–H groups in total. The van der Waals surface area contributed by atoms with Crippen molar-refractivity contribution in [3.63, 3.8) is 0 Å². The molecule has 3 aromatic heterocycles. The summed E-state index contributed by atoms with van der Waals surface area (Å²) >= 11 is 0. The molecule has 1 unspecified atom stereocenters. The maximum absolute atomic E-state index is 15.9. The number of aryl methyl sites for hydroxylation is 1. The number of nitrogens with zero attached hydrogens (tertiary/aromatic N) is 6. The zero-order valence-electron chi connectivity index (χ0n) is 24.2. The molecular formula is C32H30F2N6O3. The summed E-state index contributed by atoms with van der Waals surface area (Å²) < 4.78 is 32.1. The highest BCUT2D eigenvalue weighted by molar-refractivity contribution is 5.92. The van der Waals surface area contributed by atoms with E-state index in [1.54, 1.807) is 29.0 Å². The molecule has 1 saturated heterocycles. The molecule has 220 valence electrons. The van der Waals surface area contributed by atoms with E-state index < -0.39 is 40.4 Å². The number of anilines is 1. The van der Waals surface area contributed by atoms with Crippen molar-refractivity contribution in [1.82, 2.24) is 24.4 Å². The number of carbonyl (C=O) groups excluding carboxylic acids is 1. The van der Waals surface area contributed by atoms with Crippen molar-refractivity contribution in [2.75, 3.05) is 24.5 Å². The first-order valence-electron chi connectivity index (χ1n) is 13.7. The molecular weight excluding hydrogens is 554 g/mol. The Morgan fingerprint density at radius 1 is 1.19 bits per heavy atom. The number of phenols is 1. The number of benzene rings is 1. The fourth-order valence-corrected chi connectivity index (χ4v) is 5.39. The predicted octanol–water partition coefficient (Wildman–Crippen LogP) is 4.48. The molecule has 0 aliphatic carbocycles. The fraction of sp³-hybridized carbons (Fsp3) is 0.281. The van der Waals surface area contributed by atoms with E-state index in [-0.39, 0.29) is 48.3 Å². The van der Waals surface area contributed by atoms with Crippen LogP contribution in [0.25, 0.3) is 28.0 Å². The van der Waals surface area contributed by atoms with Gasteiger partial charge in [0.2, 0.25) is 5.91 Å². The monoisotopic (exact) mass is 584 g/mol. The first kappa shape index (κ1) is 29.4. The Morgan fingerprint density at radius 2 is 1.95 bits per heavy atom. The van der Waals surface area contributed by atoms with Gasteiger partial charge in [-0.3, -0.25) is 9.78 Å². The summed E-state index contributed by atoms with van der Waals surface area (Å²) in [5.41, 5.74) is 0.108. The Morgan fingerprint density at radius 3 is 2.63 bits per heavy atom. The smallest absolute Gasteiger partial charge is 0.355 e. The highest BCUT2D eigenvalue weighted by atomic mass is 19.1. The summed E-state index contributed by atoms with van der Waals surface area (Å²) in [6.07, 6.45) is 2.86. The third-order valence-corrected chi connectivity index (χ3v) is 7.40. The lowest BCUT2D eigenvalue weighted by atomic mass is 10.0. The van der Waals surface area contributed by atoms with Gasteiger partial charge in [-0.2, -0.15) is 4.98 Å². The molecule has 1 aliphatic heterocycles. The van der Waals surface area contributed by atoms with E-state index in [4.69, 9.17) is 0 Å². The number of rotatable bonds is 5.